The number of carbonyl (C=O) groups is 1. The lowest BCUT2D eigenvalue weighted by molar-refractivity contribution is -0.383. The van der Waals surface area contributed by atoms with Crippen molar-refractivity contribution in [1.82, 2.24) is 4.57 Å². The fourth-order valence-electron chi connectivity index (χ4n) is 3.29. The van der Waals surface area contributed by atoms with Crippen molar-refractivity contribution in [3.05, 3.63) is 62.8 Å². The Morgan fingerprint density at radius 2 is 1.87 bits per heavy atom. The first-order valence-electron chi connectivity index (χ1n) is 8.81. The van der Waals surface area contributed by atoms with Crippen LogP contribution in [0.5, 0.6) is 0 Å². The van der Waals surface area contributed by atoms with Gasteiger partial charge in [-0.05, 0) is 23.4 Å². The normalized spacial score (nSPS) is 11.2. The molecule has 3 aromatic rings. The number of esters is 1. The minimum Gasteiger partial charge on any atom is -0.461 e. The van der Waals surface area contributed by atoms with E-state index in [9.17, 15) is 33.3 Å². The smallest absolute Gasteiger partial charge is 0.432 e. The van der Waals surface area contributed by atoms with E-state index in [0.29, 0.717) is 15.0 Å². The summed E-state index contributed by atoms with van der Waals surface area (Å²) in [5, 5.41) is 22.2. The van der Waals surface area contributed by atoms with Gasteiger partial charge in [-0.15, -0.1) is 11.3 Å². The number of thiophene rings is 1. The Hall–Kier alpha value is -3.65. The van der Waals surface area contributed by atoms with E-state index in [1.165, 1.54) is 37.3 Å². The molecule has 0 saturated carbocycles. The van der Waals surface area contributed by atoms with Gasteiger partial charge in [0.05, 0.1) is 17.1 Å². The fourth-order valence-corrected chi connectivity index (χ4v) is 4.16. The van der Waals surface area contributed by atoms with Gasteiger partial charge in [-0.2, -0.15) is 18.4 Å². The zero-order valence-corrected chi connectivity index (χ0v) is 17.0. The van der Waals surface area contributed by atoms with Crippen LogP contribution in [0.1, 0.15) is 28.7 Å². The van der Waals surface area contributed by atoms with Crippen LogP contribution in [0.2, 0.25) is 0 Å². The minimum absolute atomic E-state index is 0.0618. The van der Waals surface area contributed by atoms with Crippen molar-refractivity contribution >= 4 is 23.0 Å². The number of alkyl halides is 3. The average molecular weight is 449 g/mol. The second kappa shape index (κ2) is 8.23. The number of ether oxygens (including phenoxy) is 1. The van der Waals surface area contributed by atoms with Crippen molar-refractivity contribution in [1.29, 1.82) is 5.26 Å². The van der Waals surface area contributed by atoms with Crippen molar-refractivity contribution in [3.63, 3.8) is 0 Å². The van der Waals surface area contributed by atoms with Crippen LogP contribution in [0, 0.1) is 21.4 Å². The molecule has 31 heavy (non-hydrogen) atoms. The third kappa shape index (κ3) is 3.89. The Balaban J connectivity index is 2.22. The number of aromatic nitrogens is 1. The molecule has 7 nitrogen and oxygen atoms in total. The predicted molar refractivity (Wildman–Crippen MR) is 106 cm³/mol. The van der Waals surface area contributed by atoms with Gasteiger partial charge in [-0.3, -0.25) is 10.1 Å². The molecule has 0 N–H and O–H groups in total. The van der Waals surface area contributed by atoms with E-state index < -0.39 is 34.0 Å². The SMILES string of the molecule is CCOC(=O)c1c(-c2ccc(-c3sccc3[N+](=O)[O-])cc2)c(C#N)c(C(F)(F)F)n1C. The summed E-state index contributed by atoms with van der Waals surface area (Å²) in [6.07, 6.45) is -4.88. The maximum absolute atomic E-state index is 13.6. The molecule has 0 unspecified atom stereocenters. The van der Waals surface area contributed by atoms with E-state index in [1.54, 1.807) is 11.4 Å². The number of rotatable bonds is 5. The first-order chi connectivity index (χ1) is 14.6. The molecule has 11 heteroatoms. The second-order valence-corrected chi connectivity index (χ2v) is 7.22. The molecule has 0 aliphatic heterocycles. The van der Waals surface area contributed by atoms with Gasteiger partial charge in [0, 0.05) is 18.7 Å². The molecule has 0 saturated heterocycles. The van der Waals surface area contributed by atoms with Crippen molar-refractivity contribution in [3.8, 4) is 27.6 Å². The lowest BCUT2D eigenvalue weighted by Crippen LogP contribution is -2.17. The van der Waals surface area contributed by atoms with Crippen molar-refractivity contribution < 1.29 is 27.6 Å². The van der Waals surface area contributed by atoms with Crippen LogP contribution in [0.4, 0.5) is 18.9 Å². The summed E-state index contributed by atoms with van der Waals surface area (Å²) in [6.45, 7) is 1.45. The molecule has 0 fully saturated rings. The second-order valence-electron chi connectivity index (χ2n) is 6.31. The fraction of sp³-hybridized carbons (Fsp3) is 0.200. The molecule has 0 amide bonds. The Morgan fingerprint density at radius 3 is 2.39 bits per heavy atom. The number of nitro groups is 1. The first kappa shape index (κ1) is 22.0. The number of halogens is 3. The van der Waals surface area contributed by atoms with E-state index in [-0.39, 0.29) is 23.4 Å². The van der Waals surface area contributed by atoms with Gasteiger partial charge in [0.1, 0.15) is 22.3 Å². The highest BCUT2D eigenvalue weighted by Crippen LogP contribution is 2.42. The molecular formula is C20H14F3N3O4S. The lowest BCUT2D eigenvalue weighted by Gasteiger charge is -2.10. The number of hydrogen-bond acceptors (Lipinski definition) is 6. The molecule has 1 aromatic carbocycles. The standard InChI is InChI=1S/C20H14F3N3O4S/c1-3-30-19(27)16-15(13(10-24)18(25(16)2)20(21,22)23)11-4-6-12(7-5-11)17-14(26(28)29)8-9-31-17/h4-9H,3H2,1-2H3. The maximum Gasteiger partial charge on any atom is 0.432 e. The third-order valence-corrected chi connectivity index (χ3v) is 5.47. The van der Waals surface area contributed by atoms with E-state index in [4.69, 9.17) is 4.74 Å². The van der Waals surface area contributed by atoms with Gasteiger partial charge in [0.25, 0.3) is 5.69 Å². The molecule has 3 rings (SSSR count). The van der Waals surface area contributed by atoms with Crippen LogP contribution in [0.25, 0.3) is 21.6 Å². The molecule has 2 aromatic heterocycles. The van der Waals surface area contributed by atoms with E-state index >= 15 is 0 Å². The summed E-state index contributed by atoms with van der Waals surface area (Å²) in [5.74, 6) is -0.995. The van der Waals surface area contributed by atoms with E-state index in [2.05, 4.69) is 0 Å². The van der Waals surface area contributed by atoms with Gasteiger partial charge in [-0.25, -0.2) is 4.79 Å². The molecule has 160 valence electrons. The lowest BCUT2D eigenvalue weighted by atomic mass is 9.98. The number of carbonyl (C=O) groups excluding carboxylic acids is 1. The quantitative estimate of drug-likeness (QED) is 0.295. The van der Waals surface area contributed by atoms with Crippen LogP contribution in [0.3, 0.4) is 0 Å². The molecule has 2 heterocycles. The van der Waals surface area contributed by atoms with Gasteiger partial charge in [0.2, 0.25) is 0 Å². The monoisotopic (exact) mass is 449 g/mol. The van der Waals surface area contributed by atoms with Crippen molar-refractivity contribution in [2.75, 3.05) is 6.61 Å². The minimum atomic E-state index is -4.88. The summed E-state index contributed by atoms with van der Waals surface area (Å²) in [4.78, 5) is 23.5. The van der Waals surface area contributed by atoms with Gasteiger partial charge in [0.15, 0.2) is 0 Å². The van der Waals surface area contributed by atoms with Crippen LogP contribution >= 0.6 is 11.3 Å². The van der Waals surface area contributed by atoms with Crippen molar-refractivity contribution in [2.24, 2.45) is 7.05 Å². The topological polar surface area (TPSA) is 98.2 Å². The predicted octanol–water partition coefficient (Wildman–Crippen LogP) is 5.40. The Bertz CT molecular complexity index is 1200. The summed E-state index contributed by atoms with van der Waals surface area (Å²) < 4.78 is 46.4. The largest absolute Gasteiger partial charge is 0.461 e. The molecule has 0 atom stereocenters. The third-order valence-electron chi connectivity index (χ3n) is 4.52. The molecule has 0 aliphatic carbocycles. The van der Waals surface area contributed by atoms with Gasteiger partial charge in [-0.1, -0.05) is 24.3 Å². The summed E-state index contributed by atoms with van der Waals surface area (Å²) in [7, 11) is 1.04. The maximum atomic E-state index is 13.6. The van der Waals surface area contributed by atoms with Crippen LogP contribution in [-0.4, -0.2) is 22.1 Å². The highest BCUT2D eigenvalue weighted by Gasteiger charge is 2.42. The van der Waals surface area contributed by atoms with E-state index in [1.807, 2.05) is 0 Å². The van der Waals surface area contributed by atoms with Crippen LogP contribution in [0.15, 0.2) is 35.7 Å². The van der Waals surface area contributed by atoms with Gasteiger partial charge >= 0.3 is 12.1 Å². The van der Waals surface area contributed by atoms with Crippen LogP contribution in [-0.2, 0) is 18.0 Å². The molecule has 0 bridgehead atoms. The van der Waals surface area contributed by atoms with Crippen molar-refractivity contribution in [2.45, 2.75) is 13.1 Å². The molecule has 0 aliphatic rings. The zero-order valence-electron chi connectivity index (χ0n) is 16.2. The van der Waals surface area contributed by atoms with Crippen LogP contribution < -0.4 is 0 Å². The molecule has 0 radical (unpaired) electrons. The Labute approximate surface area is 178 Å². The number of nitrogens with zero attached hydrogens (tertiary/aromatic N) is 3. The summed E-state index contributed by atoms with van der Waals surface area (Å²) in [5.41, 5.74) is -2.01. The summed E-state index contributed by atoms with van der Waals surface area (Å²) in [6, 6.07) is 8.72. The zero-order chi connectivity index (χ0) is 22.9. The average Bonchev–Trinajstić information content (AvgIpc) is 3.30. The highest BCUT2D eigenvalue weighted by atomic mass is 32.1. The highest BCUT2D eigenvalue weighted by molar-refractivity contribution is 7.14. The Kier molecular flexibility index (Phi) is 5.85. The van der Waals surface area contributed by atoms with Gasteiger partial charge < -0.3 is 9.30 Å². The number of hydrogen-bond donors (Lipinski definition) is 0. The number of nitriles is 1. The summed E-state index contributed by atoms with van der Waals surface area (Å²) >= 11 is 1.14. The molecule has 0 spiro atoms. The molecular weight excluding hydrogens is 435 g/mol. The number of benzene rings is 1. The Morgan fingerprint density at radius 1 is 1.26 bits per heavy atom. The van der Waals surface area contributed by atoms with E-state index in [0.717, 1.165) is 18.4 Å². The first-order valence-corrected chi connectivity index (χ1v) is 9.69.